The number of amides is 1. The van der Waals surface area contributed by atoms with Gasteiger partial charge in [0.1, 0.15) is 5.75 Å². The van der Waals surface area contributed by atoms with E-state index in [-0.39, 0.29) is 17.4 Å². The number of ether oxygens (including phenoxy) is 2. The summed E-state index contributed by atoms with van der Waals surface area (Å²) in [4.78, 5) is 15.7. The SMILES string of the molecule is CO[C@H]1/C=C/[C@H](C)C[C@@H](C)S(=O)(=O)NC(=O)c2ccc3c(c2)N(C[C@@H]2CC[C@H]21)C[C@@]1(CCCc2cc(Cl)ccc21)CO3. The minimum absolute atomic E-state index is 0.0177. The molecule has 1 N–H and O–H groups in total. The van der Waals surface area contributed by atoms with E-state index in [2.05, 4.69) is 33.9 Å². The number of allylic oxidation sites excluding steroid dienone is 1. The van der Waals surface area contributed by atoms with Crippen LogP contribution in [0.25, 0.3) is 0 Å². The number of nitrogens with one attached hydrogen (secondary N) is 1. The zero-order valence-corrected chi connectivity index (χ0v) is 26.2. The van der Waals surface area contributed by atoms with Gasteiger partial charge in [0.05, 0.1) is 23.6 Å². The van der Waals surface area contributed by atoms with Gasteiger partial charge in [-0.3, -0.25) is 4.79 Å². The van der Waals surface area contributed by atoms with Gasteiger partial charge in [0.25, 0.3) is 5.91 Å². The lowest BCUT2D eigenvalue weighted by Crippen LogP contribution is -2.49. The fourth-order valence-corrected chi connectivity index (χ4v) is 8.83. The zero-order chi connectivity index (χ0) is 29.6. The second kappa shape index (κ2) is 11.5. The standard InChI is InChI=1S/C33H41ClN2O5S/c1-21-6-12-30(40-3)27-10-7-25(27)18-36-19-33(14-4-5-23-16-26(34)9-11-28(23)33)20-41-31-13-8-24(17-29(31)36)32(37)35-42(38,39)22(2)15-21/h6,8-9,11-13,16-17,21-22,25,27,30H,4-5,7,10,14-15,18-20H2,1-3H3,(H,35,37)/b12-6+/t21-,22+,25-,27+,30-,33-/m0/s1. The lowest BCUT2D eigenvalue weighted by molar-refractivity contribution is 0.0130. The van der Waals surface area contributed by atoms with Gasteiger partial charge in [-0.15, -0.1) is 0 Å². The summed E-state index contributed by atoms with van der Waals surface area (Å²) >= 11 is 6.40. The molecule has 0 aromatic heterocycles. The number of aryl methyl sites for hydroxylation is 1. The highest BCUT2D eigenvalue weighted by Gasteiger charge is 2.44. The molecule has 2 heterocycles. The van der Waals surface area contributed by atoms with Gasteiger partial charge in [-0.2, -0.15) is 0 Å². The first-order valence-electron chi connectivity index (χ1n) is 15.2. The lowest BCUT2D eigenvalue weighted by atomic mass is 9.68. The molecule has 4 aliphatic rings. The summed E-state index contributed by atoms with van der Waals surface area (Å²) in [5.74, 6) is 0.896. The highest BCUT2D eigenvalue weighted by atomic mass is 35.5. The van der Waals surface area contributed by atoms with E-state index in [4.69, 9.17) is 21.1 Å². The van der Waals surface area contributed by atoms with Crippen molar-refractivity contribution in [3.63, 3.8) is 0 Å². The van der Waals surface area contributed by atoms with Crippen molar-refractivity contribution in [2.75, 3.05) is 31.7 Å². The van der Waals surface area contributed by atoms with Gasteiger partial charge in [0.15, 0.2) is 0 Å². The van der Waals surface area contributed by atoms with Crippen molar-refractivity contribution in [3.05, 3.63) is 70.3 Å². The summed E-state index contributed by atoms with van der Waals surface area (Å²) in [6.07, 6.45) is 9.78. The molecular formula is C33H41ClN2O5S. The largest absolute Gasteiger partial charge is 0.490 e. The normalized spacial score (nSPS) is 33.3. The number of halogens is 1. The van der Waals surface area contributed by atoms with Crippen molar-refractivity contribution in [3.8, 4) is 5.75 Å². The molecule has 1 amide bonds. The van der Waals surface area contributed by atoms with Gasteiger partial charge in [-0.1, -0.05) is 36.7 Å². The van der Waals surface area contributed by atoms with Gasteiger partial charge in [0.2, 0.25) is 10.0 Å². The number of hydrogen-bond acceptors (Lipinski definition) is 6. The second-order valence-corrected chi connectivity index (χ2v) is 15.4. The van der Waals surface area contributed by atoms with Crippen LogP contribution in [0.4, 0.5) is 5.69 Å². The highest BCUT2D eigenvalue weighted by Crippen LogP contribution is 2.47. The van der Waals surface area contributed by atoms with E-state index in [0.717, 1.165) is 61.7 Å². The molecule has 2 aromatic rings. The Hall–Kier alpha value is -2.55. The minimum Gasteiger partial charge on any atom is -0.490 e. The molecule has 2 aliphatic heterocycles. The van der Waals surface area contributed by atoms with Crippen LogP contribution in [0.3, 0.4) is 0 Å². The molecule has 9 heteroatoms. The van der Waals surface area contributed by atoms with Crippen LogP contribution in [0, 0.1) is 17.8 Å². The van der Waals surface area contributed by atoms with Crippen molar-refractivity contribution in [2.24, 2.45) is 17.8 Å². The Kier molecular flexibility index (Phi) is 8.09. The molecule has 2 aliphatic carbocycles. The first-order valence-corrected chi connectivity index (χ1v) is 17.1. The number of hydrogen-bond donors (Lipinski definition) is 1. The maximum atomic E-state index is 13.3. The molecule has 2 bridgehead atoms. The van der Waals surface area contributed by atoms with Crippen LogP contribution in [-0.2, 0) is 26.6 Å². The number of carbonyl (C=O) groups is 1. The van der Waals surface area contributed by atoms with Crippen LogP contribution in [-0.4, -0.2) is 52.5 Å². The zero-order valence-electron chi connectivity index (χ0n) is 24.6. The molecule has 226 valence electrons. The van der Waals surface area contributed by atoms with Gasteiger partial charge in [0, 0.05) is 36.2 Å². The topological polar surface area (TPSA) is 84.9 Å². The summed E-state index contributed by atoms with van der Waals surface area (Å²) in [5.41, 5.74) is 3.48. The third kappa shape index (κ3) is 5.58. The van der Waals surface area contributed by atoms with Crippen LogP contribution in [0.15, 0.2) is 48.6 Å². The molecule has 6 atom stereocenters. The summed E-state index contributed by atoms with van der Waals surface area (Å²) in [6.45, 7) is 5.73. The molecule has 0 saturated heterocycles. The quantitative estimate of drug-likeness (QED) is 0.404. The predicted octanol–water partition coefficient (Wildman–Crippen LogP) is 5.90. The third-order valence-electron chi connectivity index (χ3n) is 10.0. The van der Waals surface area contributed by atoms with E-state index >= 15 is 0 Å². The monoisotopic (exact) mass is 612 g/mol. The van der Waals surface area contributed by atoms with Crippen molar-refractivity contribution < 1.29 is 22.7 Å². The van der Waals surface area contributed by atoms with E-state index in [1.807, 2.05) is 25.1 Å². The molecule has 0 unspecified atom stereocenters. The number of carbonyl (C=O) groups excluding carboxylic acids is 1. The maximum absolute atomic E-state index is 13.3. The van der Waals surface area contributed by atoms with Crippen molar-refractivity contribution in [1.82, 2.24) is 4.72 Å². The summed E-state index contributed by atoms with van der Waals surface area (Å²) in [5, 5.41) is 0.0192. The minimum atomic E-state index is -3.87. The molecular weight excluding hydrogens is 572 g/mol. The van der Waals surface area contributed by atoms with Crippen LogP contribution >= 0.6 is 11.6 Å². The Morgan fingerprint density at radius 3 is 2.71 bits per heavy atom. The molecule has 7 nitrogen and oxygen atoms in total. The smallest absolute Gasteiger partial charge is 0.264 e. The van der Waals surface area contributed by atoms with E-state index in [9.17, 15) is 13.2 Å². The number of nitrogens with zero attached hydrogens (tertiary/aromatic N) is 1. The van der Waals surface area contributed by atoms with E-state index in [1.165, 1.54) is 11.1 Å². The Labute approximate surface area is 254 Å². The maximum Gasteiger partial charge on any atom is 0.264 e. The Balaban J connectivity index is 1.43. The second-order valence-electron chi connectivity index (χ2n) is 12.9. The molecule has 2 aromatic carbocycles. The lowest BCUT2D eigenvalue weighted by Gasteiger charge is -2.46. The van der Waals surface area contributed by atoms with Crippen molar-refractivity contribution >= 4 is 33.2 Å². The average Bonchev–Trinajstić information content (AvgIpc) is 3.09. The van der Waals surface area contributed by atoms with E-state index in [0.29, 0.717) is 30.4 Å². The predicted molar refractivity (Wildman–Crippen MR) is 166 cm³/mol. The van der Waals surface area contributed by atoms with E-state index < -0.39 is 21.2 Å². The van der Waals surface area contributed by atoms with Crippen LogP contribution < -0.4 is 14.4 Å². The van der Waals surface area contributed by atoms with Crippen LogP contribution in [0.1, 0.15) is 67.4 Å². The number of anilines is 1. The first-order chi connectivity index (χ1) is 20.1. The fourth-order valence-electron chi connectivity index (χ4n) is 7.51. The van der Waals surface area contributed by atoms with Crippen LogP contribution in [0.5, 0.6) is 5.75 Å². The Morgan fingerprint density at radius 1 is 1.12 bits per heavy atom. The Bertz CT molecular complexity index is 1490. The molecule has 42 heavy (non-hydrogen) atoms. The summed E-state index contributed by atoms with van der Waals surface area (Å²) in [6, 6.07) is 11.5. The number of rotatable bonds is 1. The fraction of sp³-hybridized carbons (Fsp3) is 0.545. The van der Waals surface area contributed by atoms with Crippen LogP contribution in [0.2, 0.25) is 5.02 Å². The molecule has 1 saturated carbocycles. The molecule has 6 rings (SSSR count). The van der Waals surface area contributed by atoms with Gasteiger partial charge < -0.3 is 14.4 Å². The summed E-state index contributed by atoms with van der Waals surface area (Å²) in [7, 11) is -2.11. The summed E-state index contributed by atoms with van der Waals surface area (Å²) < 4.78 is 41.2. The Morgan fingerprint density at radius 2 is 1.95 bits per heavy atom. The van der Waals surface area contributed by atoms with Crippen molar-refractivity contribution in [1.29, 1.82) is 0 Å². The third-order valence-corrected chi connectivity index (χ3v) is 12.0. The average molecular weight is 613 g/mol. The van der Waals surface area contributed by atoms with E-state index in [1.54, 1.807) is 20.1 Å². The molecule has 1 fully saturated rings. The number of benzene rings is 2. The number of fused-ring (bicyclic) bond motifs is 4. The van der Waals surface area contributed by atoms with Gasteiger partial charge in [-0.05, 0) is 105 Å². The van der Waals surface area contributed by atoms with Gasteiger partial charge in [-0.25, -0.2) is 13.1 Å². The highest BCUT2D eigenvalue weighted by molar-refractivity contribution is 7.90. The molecule has 0 radical (unpaired) electrons. The van der Waals surface area contributed by atoms with Gasteiger partial charge >= 0.3 is 0 Å². The first kappa shape index (κ1) is 29.5. The molecule has 1 spiro atoms. The number of methoxy groups -OCH3 is 1. The van der Waals surface area contributed by atoms with Crippen molar-refractivity contribution in [2.45, 2.75) is 69.1 Å². The number of sulfonamides is 1.